The zero-order valence-corrected chi connectivity index (χ0v) is 17.5. The van der Waals surface area contributed by atoms with Crippen molar-refractivity contribution in [3.05, 3.63) is 65.5 Å². The third kappa shape index (κ3) is 6.77. The zero-order chi connectivity index (χ0) is 22.2. The van der Waals surface area contributed by atoms with E-state index in [0.717, 1.165) is 30.8 Å². The molecule has 1 aliphatic heterocycles. The van der Waals surface area contributed by atoms with Crippen molar-refractivity contribution >= 4 is 11.9 Å². The first-order valence-corrected chi connectivity index (χ1v) is 10.2. The molecule has 1 amide bonds. The molecule has 3 rings (SSSR count). The van der Waals surface area contributed by atoms with Gasteiger partial charge in [-0.15, -0.1) is 0 Å². The molecular weight excluding hydrogens is 403 g/mol. The van der Waals surface area contributed by atoms with Crippen LogP contribution in [-0.4, -0.2) is 72.8 Å². The second kappa shape index (κ2) is 10.9. The number of rotatable bonds is 9. The molecule has 0 aliphatic carbocycles. The zero-order valence-electron chi connectivity index (χ0n) is 17.5. The third-order valence-corrected chi connectivity index (χ3v) is 5.31. The second-order valence-electron chi connectivity index (χ2n) is 7.48. The van der Waals surface area contributed by atoms with Crippen LogP contribution in [0.3, 0.4) is 0 Å². The molecule has 0 radical (unpaired) electrons. The number of benzene rings is 2. The fourth-order valence-electron chi connectivity index (χ4n) is 3.45. The Labute approximate surface area is 181 Å². The Bertz CT molecular complexity index is 865. The van der Waals surface area contributed by atoms with Crippen molar-refractivity contribution in [3.63, 3.8) is 0 Å². The van der Waals surface area contributed by atoms with Crippen molar-refractivity contribution in [2.24, 2.45) is 0 Å². The lowest BCUT2D eigenvalue weighted by molar-refractivity contribution is -0.148. The standard InChI is InChI=1S/C23H27FN2O5/c1-30-21(23(28)29)14-17-4-8-20(9-5-17)31-16-22(27)26-12-10-25(11-13-26)15-18-2-6-19(24)7-3-18/h2-9,21H,10-16H2,1H3,(H,28,29). The van der Waals surface area contributed by atoms with Gasteiger partial charge in [-0.25, -0.2) is 9.18 Å². The minimum Gasteiger partial charge on any atom is -0.484 e. The molecule has 7 nitrogen and oxygen atoms in total. The van der Waals surface area contributed by atoms with E-state index in [1.807, 2.05) is 0 Å². The fraction of sp³-hybridized carbons (Fsp3) is 0.391. The van der Waals surface area contributed by atoms with E-state index in [-0.39, 0.29) is 24.8 Å². The van der Waals surface area contributed by atoms with Gasteiger partial charge in [-0.1, -0.05) is 24.3 Å². The van der Waals surface area contributed by atoms with Crippen molar-refractivity contribution in [3.8, 4) is 5.75 Å². The van der Waals surface area contributed by atoms with Gasteiger partial charge in [0.05, 0.1) is 0 Å². The maximum absolute atomic E-state index is 13.0. The van der Waals surface area contributed by atoms with Gasteiger partial charge >= 0.3 is 5.97 Å². The number of piperazine rings is 1. The number of amides is 1. The Hall–Kier alpha value is -2.97. The molecule has 1 heterocycles. The highest BCUT2D eigenvalue weighted by Gasteiger charge is 2.21. The highest BCUT2D eigenvalue weighted by Crippen LogP contribution is 2.15. The molecule has 2 aromatic rings. The maximum atomic E-state index is 13.0. The van der Waals surface area contributed by atoms with Crippen LogP contribution in [0.25, 0.3) is 0 Å². The molecule has 1 unspecified atom stereocenters. The molecule has 1 fully saturated rings. The number of carbonyl (C=O) groups excluding carboxylic acids is 1. The van der Waals surface area contributed by atoms with Crippen LogP contribution in [0.4, 0.5) is 4.39 Å². The molecule has 0 spiro atoms. The summed E-state index contributed by atoms with van der Waals surface area (Å²) >= 11 is 0. The number of carboxylic acids is 1. The molecule has 0 saturated carbocycles. The summed E-state index contributed by atoms with van der Waals surface area (Å²) in [4.78, 5) is 27.5. The van der Waals surface area contributed by atoms with Gasteiger partial charge in [-0.2, -0.15) is 0 Å². The summed E-state index contributed by atoms with van der Waals surface area (Å²) < 4.78 is 23.6. The average molecular weight is 430 g/mol. The van der Waals surface area contributed by atoms with Gasteiger partial charge in [-0.3, -0.25) is 9.69 Å². The smallest absolute Gasteiger partial charge is 0.333 e. The van der Waals surface area contributed by atoms with E-state index < -0.39 is 12.1 Å². The van der Waals surface area contributed by atoms with Crippen LogP contribution in [0, 0.1) is 5.82 Å². The summed E-state index contributed by atoms with van der Waals surface area (Å²) in [6, 6.07) is 13.5. The van der Waals surface area contributed by atoms with E-state index in [1.165, 1.54) is 19.2 Å². The Morgan fingerprint density at radius 2 is 1.61 bits per heavy atom. The van der Waals surface area contributed by atoms with Gasteiger partial charge in [0.1, 0.15) is 11.6 Å². The first kappa shape index (κ1) is 22.7. The second-order valence-corrected chi connectivity index (χ2v) is 7.48. The van der Waals surface area contributed by atoms with E-state index >= 15 is 0 Å². The van der Waals surface area contributed by atoms with Crippen molar-refractivity contribution < 1.29 is 28.6 Å². The van der Waals surface area contributed by atoms with Crippen LogP contribution in [-0.2, 0) is 27.3 Å². The SMILES string of the molecule is COC(Cc1ccc(OCC(=O)N2CCN(Cc3ccc(F)cc3)CC2)cc1)C(=O)O. The first-order valence-electron chi connectivity index (χ1n) is 10.2. The van der Waals surface area contributed by atoms with Crippen molar-refractivity contribution in [1.29, 1.82) is 0 Å². The molecule has 31 heavy (non-hydrogen) atoms. The monoisotopic (exact) mass is 430 g/mol. The van der Waals surface area contributed by atoms with E-state index in [2.05, 4.69) is 4.90 Å². The molecule has 1 atom stereocenters. The first-order chi connectivity index (χ1) is 14.9. The lowest BCUT2D eigenvalue weighted by atomic mass is 10.1. The molecule has 0 aromatic heterocycles. The topological polar surface area (TPSA) is 79.3 Å². The third-order valence-electron chi connectivity index (χ3n) is 5.31. The Morgan fingerprint density at radius 1 is 1.00 bits per heavy atom. The van der Waals surface area contributed by atoms with E-state index in [9.17, 15) is 14.0 Å². The van der Waals surface area contributed by atoms with Gasteiger partial charge in [-0.05, 0) is 35.4 Å². The van der Waals surface area contributed by atoms with Crippen LogP contribution in [0.5, 0.6) is 5.75 Å². The van der Waals surface area contributed by atoms with E-state index in [1.54, 1.807) is 41.3 Å². The maximum Gasteiger partial charge on any atom is 0.333 e. The van der Waals surface area contributed by atoms with Crippen LogP contribution in [0.2, 0.25) is 0 Å². The molecule has 1 saturated heterocycles. The van der Waals surface area contributed by atoms with Crippen LogP contribution in [0.1, 0.15) is 11.1 Å². The Morgan fingerprint density at radius 3 is 2.19 bits per heavy atom. The van der Waals surface area contributed by atoms with Crippen LogP contribution in [0.15, 0.2) is 48.5 Å². The number of carbonyl (C=O) groups is 2. The highest BCUT2D eigenvalue weighted by atomic mass is 19.1. The lowest BCUT2D eigenvalue weighted by Gasteiger charge is -2.34. The molecule has 0 bridgehead atoms. The summed E-state index contributed by atoms with van der Waals surface area (Å²) in [7, 11) is 1.37. The van der Waals surface area contributed by atoms with E-state index in [4.69, 9.17) is 14.6 Å². The number of hydrogen-bond acceptors (Lipinski definition) is 5. The molecule has 1 N–H and O–H groups in total. The Balaban J connectivity index is 1.41. The summed E-state index contributed by atoms with van der Waals surface area (Å²) in [5.41, 5.74) is 1.86. The number of carboxylic acid groups (broad SMARTS) is 1. The number of methoxy groups -OCH3 is 1. The van der Waals surface area contributed by atoms with Gasteiger partial charge in [0.2, 0.25) is 0 Å². The summed E-state index contributed by atoms with van der Waals surface area (Å²) in [6.45, 7) is 3.43. The summed E-state index contributed by atoms with van der Waals surface area (Å²) in [6.07, 6.45) is -0.636. The van der Waals surface area contributed by atoms with Crippen molar-refractivity contribution in [2.75, 3.05) is 39.9 Å². The Kier molecular flexibility index (Phi) is 7.97. The molecule has 166 valence electrons. The summed E-state index contributed by atoms with van der Waals surface area (Å²) in [5, 5.41) is 9.05. The minimum absolute atomic E-state index is 0.0485. The van der Waals surface area contributed by atoms with Gasteiger partial charge in [0.15, 0.2) is 12.7 Å². The quantitative estimate of drug-likeness (QED) is 0.657. The number of ether oxygens (including phenoxy) is 2. The average Bonchev–Trinajstić information content (AvgIpc) is 2.78. The van der Waals surface area contributed by atoms with Crippen LogP contribution >= 0.6 is 0 Å². The molecule has 2 aromatic carbocycles. The predicted octanol–water partition coefficient (Wildman–Crippen LogP) is 2.19. The number of halogens is 1. The number of hydrogen-bond donors (Lipinski definition) is 1. The van der Waals surface area contributed by atoms with Gasteiger partial charge in [0.25, 0.3) is 5.91 Å². The minimum atomic E-state index is -1.01. The molecule has 8 heteroatoms. The van der Waals surface area contributed by atoms with Gasteiger partial charge < -0.3 is 19.5 Å². The van der Waals surface area contributed by atoms with Crippen LogP contribution < -0.4 is 4.74 Å². The van der Waals surface area contributed by atoms with Crippen molar-refractivity contribution in [1.82, 2.24) is 9.80 Å². The molecule has 1 aliphatic rings. The highest BCUT2D eigenvalue weighted by molar-refractivity contribution is 5.78. The largest absolute Gasteiger partial charge is 0.484 e. The van der Waals surface area contributed by atoms with E-state index in [0.29, 0.717) is 18.8 Å². The number of nitrogens with zero attached hydrogens (tertiary/aromatic N) is 2. The number of aliphatic carboxylic acids is 1. The predicted molar refractivity (Wildman–Crippen MR) is 112 cm³/mol. The molecular formula is C23H27FN2O5. The summed E-state index contributed by atoms with van der Waals surface area (Å²) in [5.74, 6) is -0.772. The normalized spacial score (nSPS) is 15.5. The fourth-order valence-corrected chi connectivity index (χ4v) is 3.45. The van der Waals surface area contributed by atoms with Crippen molar-refractivity contribution in [2.45, 2.75) is 19.1 Å². The lowest BCUT2D eigenvalue weighted by Crippen LogP contribution is -2.49. The van der Waals surface area contributed by atoms with Gasteiger partial charge in [0, 0.05) is 46.3 Å².